The van der Waals surface area contributed by atoms with Crippen LogP contribution in [0.25, 0.3) is 0 Å². The number of hydrogen-bond donors (Lipinski definition) is 2. The fraction of sp³-hybridized carbons (Fsp3) is 0.529. The number of nitrogens with zero attached hydrogens (tertiary/aromatic N) is 4. The Morgan fingerprint density at radius 2 is 2.08 bits per heavy atom. The number of carbonyl (C=O) groups excluding carboxylic acids is 2. The fourth-order valence-electron chi connectivity index (χ4n) is 3.15. The number of rotatable bonds is 5. The van der Waals surface area contributed by atoms with Gasteiger partial charge in [-0.2, -0.15) is 10.2 Å². The van der Waals surface area contributed by atoms with E-state index in [-0.39, 0.29) is 11.8 Å². The molecule has 0 saturated carbocycles. The summed E-state index contributed by atoms with van der Waals surface area (Å²) in [5.41, 5.74) is 2.15. The molecule has 1 aliphatic heterocycles. The zero-order valence-electron chi connectivity index (χ0n) is 14.7. The lowest BCUT2D eigenvalue weighted by Crippen LogP contribution is -2.39. The van der Waals surface area contributed by atoms with Gasteiger partial charge in [0.05, 0.1) is 23.6 Å². The lowest BCUT2D eigenvalue weighted by molar-refractivity contribution is -0.117. The maximum atomic E-state index is 12.5. The number of likely N-dealkylation sites (tertiary alicyclic amines) is 1. The van der Waals surface area contributed by atoms with Crippen molar-refractivity contribution in [2.24, 2.45) is 5.92 Å². The van der Waals surface area contributed by atoms with Crippen LogP contribution in [-0.4, -0.2) is 49.8 Å². The van der Waals surface area contributed by atoms with Gasteiger partial charge in [-0.15, -0.1) is 0 Å². The highest BCUT2D eigenvalue weighted by molar-refractivity contribution is 5.95. The summed E-state index contributed by atoms with van der Waals surface area (Å²) in [5.74, 6) is 0.322. The first-order valence-electron chi connectivity index (χ1n) is 8.68. The smallest absolute Gasteiger partial charge is 0.257 e. The van der Waals surface area contributed by atoms with E-state index in [4.69, 9.17) is 0 Å². The van der Waals surface area contributed by atoms with Gasteiger partial charge in [0.15, 0.2) is 0 Å². The van der Waals surface area contributed by atoms with Crippen LogP contribution in [0.2, 0.25) is 0 Å². The average molecular weight is 344 g/mol. The van der Waals surface area contributed by atoms with Crippen LogP contribution < -0.4 is 5.32 Å². The number of piperidine rings is 1. The van der Waals surface area contributed by atoms with Gasteiger partial charge < -0.3 is 10.2 Å². The van der Waals surface area contributed by atoms with Crippen molar-refractivity contribution < 1.29 is 9.59 Å². The molecule has 25 heavy (non-hydrogen) atoms. The number of aryl methyl sites for hydroxylation is 2. The third-order valence-electron chi connectivity index (χ3n) is 4.68. The Morgan fingerprint density at radius 1 is 1.32 bits per heavy atom. The van der Waals surface area contributed by atoms with Gasteiger partial charge in [-0.25, -0.2) is 0 Å². The molecule has 8 heteroatoms. The summed E-state index contributed by atoms with van der Waals surface area (Å²) in [5, 5.41) is 13.7. The van der Waals surface area contributed by atoms with Crippen molar-refractivity contribution in [2.45, 2.75) is 39.7 Å². The van der Waals surface area contributed by atoms with E-state index in [1.54, 1.807) is 17.1 Å². The molecular formula is C17H24N6O2. The lowest BCUT2D eigenvalue weighted by Gasteiger charge is -2.31. The van der Waals surface area contributed by atoms with Gasteiger partial charge in [0, 0.05) is 37.9 Å². The first kappa shape index (κ1) is 17.2. The molecule has 8 nitrogen and oxygen atoms in total. The van der Waals surface area contributed by atoms with Gasteiger partial charge in [0.2, 0.25) is 5.91 Å². The first-order chi connectivity index (χ1) is 12.1. The monoisotopic (exact) mass is 344 g/mol. The Hall–Kier alpha value is -2.64. The molecule has 0 aromatic carbocycles. The minimum Gasteiger partial charge on any atom is -0.339 e. The van der Waals surface area contributed by atoms with Crippen molar-refractivity contribution >= 4 is 17.5 Å². The number of aromatic amines is 1. The molecule has 0 unspecified atom stereocenters. The Morgan fingerprint density at radius 3 is 2.68 bits per heavy atom. The van der Waals surface area contributed by atoms with Crippen LogP contribution >= 0.6 is 0 Å². The number of anilines is 1. The summed E-state index contributed by atoms with van der Waals surface area (Å²) in [6.45, 7) is 5.97. The van der Waals surface area contributed by atoms with Crippen molar-refractivity contribution in [1.82, 2.24) is 24.9 Å². The van der Waals surface area contributed by atoms with E-state index >= 15 is 0 Å². The molecule has 0 spiro atoms. The van der Waals surface area contributed by atoms with Crippen LogP contribution in [0.3, 0.4) is 0 Å². The first-order valence-corrected chi connectivity index (χ1v) is 8.68. The van der Waals surface area contributed by atoms with Crippen LogP contribution in [0.1, 0.15) is 42.2 Å². The maximum Gasteiger partial charge on any atom is 0.257 e. The Labute approximate surface area is 146 Å². The van der Waals surface area contributed by atoms with Crippen LogP contribution in [0.5, 0.6) is 0 Å². The molecule has 3 heterocycles. The highest BCUT2D eigenvalue weighted by Crippen LogP contribution is 2.23. The van der Waals surface area contributed by atoms with Gasteiger partial charge in [-0.05, 0) is 32.6 Å². The molecule has 1 fully saturated rings. The van der Waals surface area contributed by atoms with E-state index in [0.717, 1.165) is 30.8 Å². The van der Waals surface area contributed by atoms with Crippen molar-refractivity contribution in [3.05, 3.63) is 29.8 Å². The molecule has 2 N–H and O–H groups in total. The van der Waals surface area contributed by atoms with Crippen LogP contribution in [0.4, 0.5) is 5.69 Å². The van der Waals surface area contributed by atoms with E-state index in [9.17, 15) is 9.59 Å². The van der Waals surface area contributed by atoms with Gasteiger partial charge in [0.1, 0.15) is 0 Å². The average Bonchev–Trinajstić information content (AvgIpc) is 3.23. The summed E-state index contributed by atoms with van der Waals surface area (Å²) in [7, 11) is 0. The van der Waals surface area contributed by atoms with Gasteiger partial charge in [-0.3, -0.25) is 19.4 Å². The number of amides is 2. The molecular weight excluding hydrogens is 320 g/mol. The Bertz CT molecular complexity index is 742. The normalized spacial score (nSPS) is 15.4. The van der Waals surface area contributed by atoms with Crippen LogP contribution in [-0.2, 0) is 11.3 Å². The highest BCUT2D eigenvalue weighted by atomic mass is 16.2. The second kappa shape index (κ2) is 7.50. The topological polar surface area (TPSA) is 95.9 Å². The molecule has 0 bridgehead atoms. The summed E-state index contributed by atoms with van der Waals surface area (Å²) in [6.07, 6.45) is 7.22. The molecule has 134 valence electrons. The van der Waals surface area contributed by atoms with E-state index in [2.05, 4.69) is 20.6 Å². The summed E-state index contributed by atoms with van der Waals surface area (Å²) < 4.78 is 1.78. The molecule has 2 amide bonds. The van der Waals surface area contributed by atoms with Gasteiger partial charge in [0.25, 0.3) is 5.91 Å². The van der Waals surface area contributed by atoms with E-state index in [0.29, 0.717) is 31.0 Å². The number of hydrogen-bond acceptors (Lipinski definition) is 4. The van der Waals surface area contributed by atoms with E-state index in [1.807, 2.05) is 24.9 Å². The molecule has 1 saturated heterocycles. The third-order valence-corrected chi connectivity index (χ3v) is 4.68. The number of carbonyl (C=O) groups is 2. The molecule has 2 aromatic heterocycles. The van der Waals surface area contributed by atoms with Crippen molar-refractivity contribution in [2.75, 3.05) is 18.4 Å². The van der Waals surface area contributed by atoms with Crippen LogP contribution in [0, 0.1) is 12.8 Å². The predicted octanol–water partition coefficient (Wildman–Crippen LogP) is 1.82. The molecule has 0 atom stereocenters. The summed E-state index contributed by atoms with van der Waals surface area (Å²) in [4.78, 5) is 26.5. The second-order valence-corrected chi connectivity index (χ2v) is 6.48. The zero-order valence-corrected chi connectivity index (χ0v) is 14.7. The molecule has 3 rings (SSSR count). The minimum atomic E-state index is 0.00566. The van der Waals surface area contributed by atoms with Crippen molar-refractivity contribution in [3.8, 4) is 0 Å². The predicted molar refractivity (Wildman–Crippen MR) is 93.1 cm³/mol. The second-order valence-electron chi connectivity index (χ2n) is 6.48. The summed E-state index contributed by atoms with van der Waals surface area (Å²) in [6, 6.07) is 0. The quantitative estimate of drug-likeness (QED) is 0.865. The molecule has 0 radical (unpaired) electrons. The zero-order chi connectivity index (χ0) is 17.8. The van der Waals surface area contributed by atoms with E-state index < -0.39 is 0 Å². The molecule has 0 aliphatic carbocycles. The van der Waals surface area contributed by atoms with Crippen LogP contribution in [0.15, 0.2) is 18.6 Å². The largest absolute Gasteiger partial charge is 0.339 e. The number of nitrogens with one attached hydrogen (secondary N) is 2. The molecule has 2 aromatic rings. The summed E-state index contributed by atoms with van der Waals surface area (Å²) >= 11 is 0. The van der Waals surface area contributed by atoms with E-state index in [1.165, 1.54) is 0 Å². The highest BCUT2D eigenvalue weighted by Gasteiger charge is 2.26. The standard InChI is InChI=1S/C17H24N6O2/c1-3-23-11-14(9-19-23)20-16(24)8-13-4-6-22(7-5-13)17(25)15-10-18-21-12(15)2/h9-11,13H,3-8H2,1-2H3,(H,18,21)(H,20,24). The third kappa shape index (κ3) is 4.07. The number of H-pyrrole nitrogens is 1. The number of aromatic nitrogens is 4. The SMILES string of the molecule is CCn1cc(NC(=O)CC2CCN(C(=O)c3cn[nH]c3C)CC2)cn1. The maximum absolute atomic E-state index is 12.5. The Balaban J connectivity index is 1.46. The Kier molecular flexibility index (Phi) is 5.16. The lowest BCUT2D eigenvalue weighted by atomic mass is 9.93. The van der Waals surface area contributed by atoms with Gasteiger partial charge in [-0.1, -0.05) is 0 Å². The minimum absolute atomic E-state index is 0.00566. The van der Waals surface area contributed by atoms with Crippen molar-refractivity contribution in [3.63, 3.8) is 0 Å². The van der Waals surface area contributed by atoms with Crippen molar-refractivity contribution in [1.29, 1.82) is 0 Å². The molecule has 1 aliphatic rings. The fourth-order valence-corrected chi connectivity index (χ4v) is 3.15. The van der Waals surface area contributed by atoms with Gasteiger partial charge >= 0.3 is 0 Å².